The van der Waals surface area contributed by atoms with Gasteiger partial charge in [-0.3, -0.25) is 4.90 Å². The van der Waals surface area contributed by atoms with E-state index in [0.29, 0.717) is 6.04 Å². The third-order valence-electron chi connectivity index (χ3n) is 3.92. The molecule has 19 heavy (non-hydrogen) atoms. The number of aryl methyl sites for hydroxylation is 2. The first kappa shape index (κ1) is 14.5. The van der Waals surface area contributed by atoms with Crippen molar-refractivity contribution in [3.05, 3.63) is 34.9 Å². The maximum Gasteiger partial charge on any atom is 0.0478 e. The van der Waals surface area contributed by atoms with Crippen LogP contribution in [0.15, 0.2) is 18.2 Å². The maximum absolute atomic E-state index is 3.45. The highest BCUT2D eigenvalue weighted by molar-refractivity contribution is 5.33. The summed E-state index contributed by atoms with van der Waals surface area (Å²) in [5.74, 6) is 0. The number of benzene rings is 1. The fraction of sp³-hybridized carbons (Fsp3) is 0.625. The quantitative estimate of drug-likeness (QED) is 0.892. The van der Waals surface area contributed by atoms with Crippen molar-refractivity contribution < 1.29 is 0 Å². The van der Waals surface area contributed by atoms with Crippen molar-refractivity contribution >= 4 is 0 Å². The zero-order chi connectivity index (χ0) is 13.8. The predicted octanol–water partition coefficient (Wildman–Crippen LogP) is 1.81. The van der Waals surface area contributed by atoms with Crippen LogP contribution in [0.2, 0.25) is 0 Å². The molecule has 3 nitrogen and oxygen atoms in total. The molecule has 1 aliphatic heterocycles. The van der Waals surface area contributed by atoms with Crippen molar-refractivity contribution in [3.63, 3.8) is 0 Å². The summed E-state index contributed by atoms with van der Waals surface area (Å²) in [4.78, 5) is 4.92. The standard InChI is InChI=1S/C16H27N3/c1-13-5-6-14(2)15(11-13)16(12-18(3)4)19-9-7-17-8-10-19/h5-6,11,16-17H,7-10,12H2,1-4H3. The van der Waals surface area contributed by atoms with Crippen molar-refractivity contribution in [1.29, 1.82) is 0 Å². The van der Waals surface area contributed by atoms with Crippen molar-refractivity contribution in [2.45, 2.75) is 19.9 Å². The zero-order valence-corrected chi connectivity index (χ0v) is 12.7. The Balaban J connectivity index is 2.27. The summed E-state index contributed by atoms with van der Waals surface area (Å²) >= 11 is 0. The fourth-order valence-electron chi connectivity index (χ4n) is 2.87. The molecule has 0 amide bonds. The lowest BCUT2D eigenvalue weighted by molar-refractivity contribution is 0.144. The number of likely N-dealkylation sites (N-methyl/N-ethyl adjacent to an activating group) is 1. The van der Waals surface area contributed by atoms with Gasteiger partial charge < -0.3 is 10.2 Å². The molecule has 1 unspecified atom stereocenters. The fourth-order valence-corrected chi connectivity index (χ4v) is 2.87. The lowest BCUT2D eigenvalue weighted by Crippen LogP contribution is -2.47. The maximum atomic E-state index is 3.45. The van der Waals surface area contributed by atoms with Crippen LogP contribution in [0.25, 0.3) is 0 Å². The molecule has 1 heterocycles. The Kier molecular flexibility index (Phi) is 4.97. The van der Waals surface area contributed by atoms with E-state index in [4.69, 9.17) is 0 Å². The number of hydrogen-bond acceptors (Lipinski definition) is 3. The van der Waals surface area contributed by atoms with Crippen LogP contribution in [-0.2, 0) is 0 Å². The van der Waals surface area contributed by atoms with Crippen molar-refractivity contribution in [3.8, 4) is 0 Å². The van der Waals surface area contributed by atoms with E-state index in [2.05, 4.69) is 61.3 Å². The molecule has 0 aliphatic carbocycles. The molecule has 1 aromatic rings. The molecule has 1 saturated heterocycles. The molecule has 0 radical (unpaired) electrons. The third kappa shape index (κ3) is 3.78. The van der Waals surface area contributed by atoms with Gasteiger partial charge in [0.25, 0.3) is 0 Å². The van der Waals surface area contributed by atoms with Gasteiger partial charge in [0.1, 0.15) is 0 Å². The van der Waals surface area contributed by atoms with E-state index in [0.717, 1.165) is 32.7 Å². The smallest absolute Gasteiger partial charge is 0.0478 e. The molecule has 1 N–H and O–H groups in total. The molecule has 1 aromatic carbocycles. The van der Waals surface area contributed by atoms with E-state index < -0.39 is 0 Å². The van der Waals surface area contributed by atoms with Gasteiger partial charge in [-0.1, -0.05) is 23.8 Å². The molecule has 0 bridgehead atoms. The van der Waals surface area contributed by atoms with Crippen LogP contribution in [0.5, 0.6) is 0 Å². The summed E-state index contributed by atoms with van der Waals surface area (Å²) < 4.78 is 0. The van der Waals surface area contributed by atoms with Crippen molar-refractivity contribution in [2.24, 2.45) is 0 Å². The van der Waals surface area contributed by atoms with E-state index in [9.17, 15) is 0 Å². The Hall–Kier alpha value is -0.900. The molecular weight excluding hydrogens is 234 g/mol. The minimum absolute atomic E-state index is 0.511. The minimum Gasteiger partial charge on any atom is -0.314 e. The Morgan fingerprint density at radius 3 is 2.53 bits per heavy atom. The summed E-state index contributed by atoms with van der Waals surface area (Å²) in [5, 5.41) is 3.45. The van der Waals surface area contributed by atoms with Crippen LogP contribution in [0.1, 0.15) is 22.7 Å². The van der Waals surface area contributed by atoms with E-state index in [1.54, 1.807) is 0 Å². The normalized spacial score (nSPS) is 18.8. The van der Waals surface area contributed by atoms with Gasteiger partial charge in [0, 0.05) is 38.8 Å². The van der Waals surface area contributed by atoms with Gasteiger partial charge in [-0.05, 0) is 39.1 Å². The van der Waals surface area contributed by atoms with Crippen LogP contribution >= 0.6 is 0 Å². The average molecular weight is 261 g/mol. The highest BCUT2D eigenvalue weighted by atomic mass is 15.2. The summed E-state index contributed by atoms with van der Waals surface area (Å²) in [7, 11) is 4.33. The SMILES string of the molecule is Cc1ccc(C)c(C(CN(C)C)N2CCNCC2)c1. The van der Waals surface area contributed by atoms with Gasteiger partial charge in [0.05, 0.1) is 0 Å². The molecule has 3 heteroatoms. The predicted molar refractivity (Wildman–Crippen MR) is 81.7 cm³/mol. The Labute approximate surface area is 117 Å². The van der Waals surface area contributed by atoms with E-state index in [1.165, 1.54) is 16.7 Å². The molecule has 106 valence electrons. The first-order valence-electron chi connectivity index (χ1n) is 7.24. The monoisotopic (exact) mass is 261 g/mol. The van der Waals surface area contributed by atoms with E-state index in [-0.39, 0.29) is 0 Å². The Bertz CT molecular complexity index is 408. The number of nitrogens with one attached hydrogen (secondary N) is 1. The average Bonchev–Trinajstić information content (AvgIpc) is 2.40. The Morgan fingerprint density at radius 2 is 1.89 bits per heavy atom. The highest BCUT2D eigenvalue weighted by Crippen LogP contribution is 2.26. The van der Waals surface area contributed by atoms with Gasteiger partial charge in [-0.2, -0.15) is 0 Å². The summed E-state index contributed by atoms with van der Waals surface area (Å²) in [6.45, 7) is 10.0. The molecule has 1 atom stereocenters. The van der Waals surface area contributed by atoms with Gasteiger partial charge in [0.2, 0.25) is 0 Å². The first-order valence-corrected chi connectivity index (χ1v) is 7.24. The first-order chi connectivity index (χ1) is 9.08. The van der Waals surface area contributed by atoms with Gasteiger partial charge in [-0.15, -0.1) is 0 Å². The van der Waals surface area contributed by atoms with Crippen LogP contribution in [0, 0.1) is 13.8 Å². The molecular formula is C16H27N3. The number of nitrogens with zero attached hydrogens (tertiary/aromatic N) is 2. The Morgan fingerprint density at radius 1 is 1.21 bits per heavy atom. The van der Waals surface area contributed by atoms with Crippen molar-refractivity contribution in [2.75, 3.05) is 46.8 Å². The van der Waals surface area contributed by atoms with Crippen LogP contribution in [-0.4, -0.2) is 56.6 Å². The van der Waals surface area contributed by atoms with Crippen LogP contribution < -0.4 is 5.32 Å². The lowest BCUT2D eigenvalue weighted by atomic mass is 9.97. The summed E-state index contributed by atoms with van der Waals surface area (Å²) in [5.41, 5.74) is 4.27. The second kappa shape index (κ2) is 6.51. The van der Waals surface area contributed by atoms with Crippen molar-refractivity contribution in [1.82, 2.24) is 15.1 Å². The second-order valence-corrected chi connectivity index (χ2v) is 5.92. The number of hydrogen-bond donors (Lipinski definition) is 1. The molecule has 0 spiro atoms. The van der Waals surface area contributed by atoms with Crippen LogP contribution in [0.4, 0.5) is 0 Å². The van der Waals surface area contributed by atoms with Gasteiger partial charge in [-0.25, -0.2) is 0 Å². The molecule has 1 fully saturated rings. The summed E-state index contributed by atoms with van der Waals surface area (Å²) in [6, 6.07) is 7.35. The van der Waals surface area contributed by atoms with Crippen LogP contribution in [0.3, 0.4) is 0 Å². The van der Waals surface area contributed by atoms with Gasteiger partial charge in [0.15, 0.2) is 0 Å². The topological polar surface area (TPSA) is 18.5 Å². The highest BCUT2D eigenvalue weighted by Gasteiger charge is 2.23. The lowest BCUT2D eigenvalue weighted by Gasteiger charge is -2.37. The number of piperazine rings is 1. The number of rotatable bonds is 4. The zero-order valence-electron chi connectivity index (χ0n) is 12.7. The largest absolute Gasteiger partial charge is 0.314 e. The third-order valence-corrected chi connectivity index (χ3v) is 3.92. The molecule has 0 saturated carbocycles. The van der Waals surface area contributed by atoms with Gasteiger partial charge >= 0.3 is 0 Å². The minimum atomic E-state index is 0.511. The summed E-state index contributed by atoms with van der Waals surface area (Å²) in [6.07, 6.45) is 0. The second-order valence-electron chi connectivity index (χ2n) is 5.92. The molecule has 2 rings (SSSR count). The molecule has 1 aliphatic rings. The van der Waals surface area contributed by atoms with E-state index in [1.807, 2.05) is 0 Å². The van der Waals surface area contributed by atoms with E-state index >= 15 is 0 Å². The molecule has 0 aromatic heterocycles.